The molecule has 0 amide bonds. The van der Waals surface area contributed by atoms with E-state index in [9.17, 15) is 4.79 Å². The van der Waals surface area contributed by atoms with Crippen LogP contribution in [0.5, 0.6) is 5.75 Å². The molecule has 1 aliphatic rings. The van der Waals surface area contributed by atoms with Crippen LogP contribution in [0.1, 0.15) is 10.4 Å². The molecule has 0 atom stereocenters. The Balaban J connectivity index is 2.45. The average molecular weight is 272 g/mol. The molecular formula is C10H10BrNO3. The van der Waals surface area contributed by atoms with E-state index in [1.54, 1.807) is 12.1 Å². The first kappa shape index (κ1) is 10.3. The summed E-state index contributed by atoms with van der Waals surface area (Å²) >= 11 is 3.38. The molecule has 0 unspecified atom stereocenters. The smallest absolute Gasteiger partial charge is 0.338 e. The number of methoxy groups -OCH3 is 1. The lowest BCUT2D eigenvalue weighted by molar-refractivity contribution is 0.0600. The summed E-state index contributed by atoms with van der Waals surface area (Å²) in [6.07, 6.45) is 0. The molecule has 0 bridgehead atoms. The van der Waals surface area contributed by atoms with E-state index < -0.39 is 0 Å². The molecule has 0 aromatic heterocycles. The van der Waals surface area contributed by atoms with Crippen molar-refractivity contribution in [3.8, 4) is 5.75 Å². The van der Waals surface area contributed by atoms with E-state index in [0.717, 1.165) is 16.7 Å². The van der Waals surface area contributed by atoms with Crippen LogP contribution >= 0.6 is 15.9 Å². The van der Waals surface area contributed by atoms with Crippen LogP contribution in [0.4, 0.5) is 5.69 Å². The van der Waals surface area contributed by atoms with Gasteiger partial charge in [0.05, 0.1) is 18.4 Å². The van der Waals surface area contributed by atoms with Gasteiger partial charge in [0.15, 0.2) is 0 Å². The van der Waals surface area contributed by atoms with Crippen LogP contribution in [0.3, 0.4) is 0 Å². The first-order valence-electron chi connectivity index (χ1n) is 4.51. The van der Waals surface area contributed by atoms with Gasteiger partial charge in [-0.2, -0.15) is 0 Å². The summed E-state index contributed by atoms with van der Waals surface area (Å²) in [6.45, 7) is 1.37. The van der Waals surface area contributed by atoms with Crippen molar-refractivity contribution in [2.75, 3.05) is 25.6 Å². The zero-order valence-corrected chi connectivity index (χ0v) is 9.76. The number of ether oxygens (including phenoxy) is 2. The van der Waals surface area contributed by atoms with E-state index in [1.807, 2.05) is 0 Å². The number of hydrogen-bond donors (Lipinski definition) is 1. The standard InChI is InChI=1S/C10H10BrNO3/c1-14-10(13)6-4-7(11)9-8(5-6)15-3-2-12-9/h4-5,12H,2-3H2,1H3. The highest BCUT2D eigenvalue weighted by atomic mass is 79.9. The Morgan fingerprint density at radius 1 is 1.60 bits per heavy atom. The first-order chi connectivity index (χ1) is 7.22. The van der Waals surface area contributed by atoms with Crippen LogP contribution in [0.15, 0.2) is 16.6 Å². The number of carbonyl (C=O) groups excluding carboxylic acids is 1. The van der Waals surface area contributed by atoms with E-state index in [0.29, 0.717) is 17.9 Å². The maximum absolute atomic E-state index is 11.3. The zero-order valence-electron chi connectivity index (χ0n) is 8.17. The molecule has 1 aromatic carbocycles. The number of anilines is 1. The number of rotatable bonds is 1. The highest BCUT2D eigenvalue weighted by molar-refractivity contribution is 9.10. The Kier molecular flexibility index (Phi) is 2.81. The van der Waals surface area contributed by atoms with Crippen molar-refractivity contribution < 1.29 is 14.3 Å². The Bertz CT molecular complexity index is 406. The normalized spacial score (nSPS) is 13.5. The van der Waals surface area contributed by atoms with Crippen LogP contribution < -0.4 is 10.1 Å². The molecule has 0 saturated heterocycles. The second-order valence-corrected chi connectivity index (χ2v) is 3.95. The van der Waals surface area contributed by atoms with Crippen LogP contribution in [0, 0.1) is 0 Å². The fourth-order valence-corrected chi connectivity index (χ4v) is 2.02. The predicted molar refractivity (Wildman–Crippen MR) is 59.5 cm³/mol. The summed E-state index contributed by atoms with van der Waals surface area (Å²) < 4.78 is 10.9. The minimum absolute atomic E-state index is 0.368. The molecule has 0 radical (unpaired) electrons. The number of fused-ring (bicyclic) bond motifs is 1. The number of halogens is 1. The van der Waals surface area contributed by atoms with Crippen LogP contribution in [0.25, 0.3) is 0 Å². The van der Waals surface area contributed by atoms with Crippen LogP contribution in [-0.4, -0.2) is 26.2 Å². The second-order valence-electron chi connectivity index (χ2n) is 3.10. The Morgan fingerprint density at radius 3 is 3.13 bits per heavy atom. The van der Waals surface area contributed by atoms with E-state index in [4.69, 9.17) is 4.74 Å². The van der Waals surface area contributed by atoms with Crippen molar-refractivity contribution in [2.24, 2.45) is 0 Å². The fourth-order valence-electron chi connectivity index (χ4n) is 1.44. The summed E-state index contributed by atoms with van der Waals surface area (Å²) in [5.74, 6) is 0.309. The molecule has 15 heavy (non-hydrogen) atoms. The van der Waals surface area contributed by atoms with E-state index >= 15 is 0 Å². The summed E-state index contributed by atoms with van der Waals surface area (Å²) in [4.78, 5) is 11.3. The zero-order chi connectivity index (χ0) is 10.8. The van der Waals surface area contributed by atoms with Gasteiger partial charge in [0, 0.05) is 11.0 Å². The molecule has 0 aliphatic carbocycles. The molecule has 1 heterocycles. The van der Waals surface area contributed by atoms with Gasteiger partial charge in [-0.15, -0.1) is 0 Å². The van der Waals surface area contributed by atoms with Crippen molar-refractivity contribution >= 4 is 27.6 Å². The topological polar surface area (TPSA) is 47.6 Å². The van der Waals surface area contributed by atoms with Gasteiger partial charge in [0.25, 0.3) is 0 Å². The van der Waals surface area contributed by atoms with Gasteiger partial charge < -0.3 is 14.8 Å². The molecule has 4 nitrogen and oxygen atoms in total. The summed E-state index contributed by atoms with van der Waals surface area (Å²) in [6, 6.07) is 3.39. The average Bonchev–Trinajstić information content (AvgIpc) is 2.28. The second kappa shape index (κ2) is 4.10. The quantitative estimate of drug-likeness (QED) is 0.795. The molecule has 1 aromatic rings. The molecule has 5 heteroatoms. The molecule has 80 valence electrons. The molecule has 2 rings (SSSR count). The molecule has 0 spiro atoms. The van der Waals surface area contributed by atoms with Crippen LogP contribution in [0.2, 0.25) is 0 Å². The van der Waals surface area contributed by atoms with E-state index in [2.05, 4.69) is 26.0 Å². The van der Waals surface area contributed by atoms with Gasteiger partial charge in [-0.3, -0.25) is 0 Å². The number of esters is 1. The van der Waals surface area contributed by atoms with Gasteiger partial charge in [-0.1, -0.05) is 0 Å². The molecular weight excluding hydrogens is 262 g/mol. The van der Waals surface area contributed by atoms with Crippen LogP contribution in [-0.2, 0) is 4.74 Å². The van der Waals surface area contributed by atoms with E-state index in [-0.39, 0.29) is 5.97 Å². The third-order valence-corrected chi connectivity index (χ3v) is 2.76. The highest BCUT2D eigenvalue weighted by Crippen LogP contribution is 2.36. The van der Waals surface area contributed by atoms with Crippen molar-refractivity contribution in [3.63, 3.8) is 0 Å². The van der Waals surface area contributed by atoms with Crippen molar-refractivity contribution in [2.45, 2.75) is 0 Å². The Morgan fingerprint density at radius 2 is 2.40 bits per heavy atom. The van der Waals surface area contributed by atoms with Crippen molar-refractivity contribution in [3.05, 3.63) is 22.2 Å². The fraction of sp³-hybridized carbons (Fsp3) is 0.300. The Labute approximate surface area is 95.7 Å². The number of nitrogens with one attached hydrogen (secondary N) is 1. The Hall–Kier alpha value is -1.23. The minimum Gasteiger partial charge on any atom is -0.490 e. The van der Waals surface area contributed by atoms with E-state index in [1.165, 1.54) is 7.11 Å². The largest absolute Gasteiger partial charge is 0.490 e. The number of benzene rings is 1. The predicted octanol–water partition coefficient (Wildman–Crippen LogP) is 2.04. The summed E-state index contributed by atoms with van der Waals surface area (Å²) in [7, 11) is 1.36. The van der Waals surface area contributed by atoms with Crippen molar-refractivity contribution in [1.82, 2.24) is 0 Å². The number of hydrogen-bond acceptors (Lipinski definition) is 4. The van der Waals surface area contributed by atoms with Gasteiger partial charge >= 0.3 is 5.97 Å². The van der Waals surface area contributed by atoms with Gasteiger partial charge in [0.1, 0.15) is 12.4 Å². The van der Waals surface area contributed by atoms with Gasteiger partial charge in [0.2, 0.25) is 0 Å². The van der Waals surface area contributed by atoms with Crippen molar-refractivity contribution in [1.29, 1.82) is 0 Å². The minimum atomic E-state index is -0.368. The molecule has 0 saturated carbocycles. The first-order valence-corrected chi connectivity index (χ1v) is 5.30. The van der Waals surface area contributed by atoms with Gasteiger partial charge in [-0.25, -0.2) is 4.79 Å². The monoisotopic (exact) mass is 271 g/mol. The lowest BCUT2D eigenvalue weighted by Crippen LogP contribution is -2.19. The third-order valence-electron chi connectivity index (χ3n) is 2.14. The lowest BCUT2D eigenvalue weighted by atomic mass is 10.1. The maximum atomic E-state index is 11.3. The molecule has 1 aliphatic heterocycles. The molecule has 1 N–H and O–H groups in total. The summed E-state index contributed by atoms with van der Waals surface area (Å²) in [5, 5.41) is 3.19. The third kappa shape index (κ3) is 1.92. The highest BCUT2D eigenvalue weighted by Gasteiger charge is 2.17. The molecule has 0 fully saturated rings. The SMILES string of the molecule is COC(=O)c1cc(Br)c2c(c1)OCCN2. The number of carbonyl (C=O) groups is 1. The maximum Gasteiger partial charge on any atom is 0.338 e. The summed E-state index contributed by atoms with van der Waals surface area (Å²) in [5.41, 5.74) is 1.36. The van der Waals surface area contributed by atoms with Gasteiger partial charge in [-0.05, 0) is 28.1 Å². The lowest BCUT2D eigenvalue weighted by Gasteiger charge is -2.20.